The minimum atomic E-state index is -0.150. The van der Waals surface area contributed by atoms with Gasteiger partial charge in [0.1, 0.15) is 11.4 Å². The number of hydrogen-bond donors (Lipinski definition) is 0. The van der Waals surface area contributed by atoms with Crippen LogP contribution in [0, 0.1) is 6.92 Å². The van der Waals surface area contributed by atoms with Crippen molar-refractivity contribution in [2.45, 2.75) is 6.92 Å². The lowest BCUT2D eigenvalue weighted by Gasteiger charge is -2.04. The monoisotopic (exact) mass is 402 g/mol. The summed E-state index contributed by atoms with van der Waals surface area (Å²) >= 11 is 6.04. The first-order valence-electron chi connectivity index (χ1n) is 9.16. The summed E-state index contributed by atoms with van der Waals surface area (Å²) in [6.07, 6.45) is 1.88. The van der Waals surface area contributed by atoms with Gasteiger partial charge in [-0.15, -0.1) is 0 Å². The first kappa shape index (κ1) is 19.0. The van der Waals surface area contributed by atoms with Gasteiger partial charge in [-0.1, -0.05) is 41.4 Å². The quantitative estimate of drug-likeness (QED) is 0.400. The average Bonchev–Trinajstić information content (AvgIpc) is 3.19. The smallest absolute Gasteiger partial charge is 0.213 e. The van der Waals surface area contributed by atoms with Crippen molar-refractivity contribution >= 4 is 17.4 Å². The number of hydrogen-bond acceptors (Lipinski definition) is 3. The van der Waals surface area contributed by atoms with Gasteiger partial charge < -0.3 is 4.74 Å². The number of benzene rings is 3. The normalized spacial score (nSPS) is 10.7. The number of methoxy groups -OCH3 is 1. The molecule has 0 bridgehead atoms. The summed E-state index contributed by atoms with van der Waals surface area (Å²) in [5.74, 6) is 0.549. The van der Waals surface area contributed by atoms with E-state index in [1.807, 2.05) is 61.7 Å². The summed E-state index contributed by atoms with van der Waals surface area (Å²) in [6, 6.07) is 22.4. The Morgan fingerprint density at radius 3 is 2.21 bits per heavy atom. The van der Waals surface area contributed by atoms with Gasteiger partial charge in [-0.2, -0.15) is 5.10 Å². The molecule has 144 valence electrons. The van der Waals surface area contributed by atoms with E-state index in [1.54, 1.807) is 36.1 Å². The molecule has 5 heteroatoms. The molecule has 0 aliphatic carbocycles. The molecule has 3 aromatic carbocycles. The third kappa shape index (κ3) is 3.93. The first-order valence-corrected chi connectivity index (χ1v) is 9.54. The van der Waals surface area contributed by atoms with Gasteiger partial charge in [-0.3, -0.25) is 4.79 Å². The Hall–Kier alpha value is -3.37. The van der Waals surface area contributed by atoms with Crippen molar-refractivity contribution in [1.82, 2.24) is 9.78 Å². The Morgan fingerprint density at radius 2 is 1.59 bits per heavy atom. The number of ketones is 1. The Bertz CT molecular complexity index is 1150. The third-order valence-electron chi connectivity index (χ3n) is 4.74. The van der Waals surface area contributed by atoms with Crippen LogP contribution in [0.3, 0.4) is 0 Å². The fraction of sp³-hybridized carbons (Fsp3) is 0.0833. The number of aromatic nitrogens is 2. The van der Waals surface area contributed by atoms with Gasteiger partial charge in [0.25, 0.3) is 0 Å². The van der Waals surface area contributed by atoms with Crippen molar-refractivity contribution in [2.75, 3.05) is 7.11 Å². The minimum Gasteiger partial charge on any atom is -0.497 e. The lowest BCUT2D eigenvalue weighted by Crippen LogP contribution is -2.05. The van der Waals surface area contributed by atoms with E-state index in [9.17, 15) is 4.79 Å². The van der Waals surface area contributed by atoms with E-state index in [4.69, 9.17) is 16.3 Å². The molecule has 1 aromatic heterocycles. The number of ether oxygens (including phenoxy) is 1. The molecule has 0 aliphatic heterocycles. The number of carbonyl (C=O) groups excluding carboxylic acids is 1. The molecule has 0 saturated heterocycles. The number of carbonyl (C=O) groups is 1. The number of rotatable bonds is 5. The highest BCUT2D eigenvalue weighted by Crippen LogP contribution is 2.28. The van der Waals surface area contributed by atoms with Gasteiger partial charge in [0.05, 0.1) is 12.8 Å². The van der Waals surface area contributed by atoms with Crippen LogP contribution < -0.4 is 4.74 Å². The van der Waals surface area contributed by atoms with E-state index in [2.05, 4.69) is 5.10 Å². The first-order chi connectivity index (χ1) is 14.0. The second-order valence-electron chi connectivity index (χ2n) is 6.74. The molecule has 1 heterocycles. The molecule has 29 heavy (non-hydrogen) atoms. The number of aryl methyl sites for hydroxylation is 1. The van der Waals surface area contributed by atoms with Crippen LogP contribution in [-0.2, 0) is 0 Å². The fourth-order valence-electron chi connectivity index (χ4n) is 3.09. The molecule has 0 radical (unpaired) electrons. The van der Waals surface area contributed by atoms with Gasteiger partial charge >= 0.3 is 0 Å². The SMILES string of the molecule is COc1ccc(C(=O)c2nn(-c3ccc(C)cc3)cc2-c2ccc(Cl)cc2)cc1. The molecule has 0 saturated carbocycles. The van der Waals surface area contributed by atoms with Gasteiger partial charge in [0, 0.05) is 22.3 Å². The van der Waals surface area contributed by atoms with E-state index in [0.29, 0.717) is 22.0 Å². The van der Waals surface area contributed by atoms with E-state index in [0.717, 1.165) is 22.4 Å². The maximum absolute atomic E-state index is 13.3. The van der Waals surface area contributed by atoms with Crippen LogP contribution in [0.4, 0.5) is 0 Å². The zero-order valence-corrected chi connectivity index (χ0v) is 16.9. The lowest BCUT2D eigenvalue weighted by atomic mass is 10.0. The van der Waals surface area contributed by atoms with Gasteiger partial charge in [-0.25, -0.2) is 4.68 Å². The highest BCUT2D eigenvalue weighted by Gasteiger charge is 2.20. The Kier molecular flexibility index (Phi) is 5.19. The van der Waals surface area contributed by atoms with Gasteiger partial charge in [-0.05, 0) is 61.0 Å². The van der Waals surface area contributed by atoms with Crippen LogP contribution in [0.1, 0.15) is 21.6 Å². The molecule has 0 amide bonds. The summed E-state index contributed by atoms with van der Waals surface area (Å²) < 4.78 is 6.92. The van der Waals surface area contributed by atoms with Gasteiger partial charge in [0.15, 0.2) is 0 Å². The third-order valence-corrected chi connectivity index (χ3v) is 4.99. The lowest BCUT2D eigenvalue weighted by molar-refractivity contribution is 0.103. The predicted octanol–water partition coefficient (Wildman–Crippen LogP) is 5.74. The molecular formula is C24H19ClN2O2. The Balaban J connectivity index is 1.82. The standard InChI is InChI=1S/C24H19ClN2O2/c1-16-3-11-20(12-4-16)27-15-22(17-5-9-19(25)10-6-17)23(26-27)24(28)18-7-13-21(29-2)14-8-18/h3-15H,1-2H3. The van der Waals surface area contributed by atoms with Crippen LogP contribution >= 0.6 is 11.6 Å². The summed E-state index contributed by atoms with van der Waals surface area (Å²) in [5.41, 5.74) is 4.62. The van der Waals surface area contributed by atoms with Gasteiger partial charge in [0.2, 0.25) is 5.78 Å². The van der Waals surface area contributed by atoms with E-state index in [1.165, 1.54) is 0 Å². The molecule has 0 spiro atoms. The minimum absolute atomic E-state index is 0.150. The summed E-state index contributed by atoms with van der Waals surface area (Å²) in [6.45, 7) is 2.03. The molecule has 4 aromatic rings. The van der Waals surface area contributed by atoms with Crippen molar-refractivity contribution < 1.29 is 9.53 Å². The topological polar surface area (TPSA) is 44.1 Å². The molecular weight excluding hydrogens is 384 g/mol. The maximum Gasteiger partial charge on any atom is 0.213 e. The number of halogens is 1. The largest absolute Gasteiger partial charge is 0.497 e. The van der Waals surface area contributed by atoms with Crippen LogP contribution in [0.25, 0.3) is 16.8 Å². The summed E-state index contributed by atoms with van der Waals surface area (Å²) in [7, 11) is 1.60. The molecule has 0 fully saturated rings. The highest BCUT2D eigenvalue weighted by atomic mass is 35.5. The van der Waals surface area contributed by atoms with E-state index in [-0.39, 0.29) is 5.78 Å². The second-order valence-corrected chi connectivity index (χ2v) is 7.17. The van der Waals surface area contributed by atoms with Crippen LogP contribution in [-0.4, -0.2) is 22.7 Å². The average molecular weight is 403 g/mol. The van der Waals surface area contributed by atoms with Crippen LogP contribution in [0.5, 0.6) is 5.75 Å². The highest BCUT2D eigenvalue weighted by molar-refractivity contribution is 6.30. The van der Waals surface area contributed by atoms with Crippen LogP contribution in [0.2, 0.25) is 5.02 Å². The second kappa shape index (κ2) is 7.94. The molecule has 0 atom stereocenters. The van der Waals surface area contributed by atoms with Crippen molar-refractivity contribution in [1.29, 1.82) is 0 Å². The summed E-state index contributed by atoms with van der Waals surface area (Å²) in [4.78, 5) is 13.3. The fourth-order valence-corrected chi connectivity index (χ4v) is 3.22. The summed E-state index contributed by atoms with van der Waals surface area (Å²) in [5, 5.41) is 5.27. The Labute approximate surface area is 174 Å². The maximum atomic E-state index is 13.3. The van der Waals surface area contributed by atoms with Crippen molar-refractivity contribution in [2.24, 2.45) is 0 Å². The zero-order valence-electron chi connectivity index (χ0n) is 16.1. The molecule has 4 nitrogen and oxygen atoms in total. The van der Waals surface area contributed by atoms with Crippen molar-refractivity contribution in [3.05, 3.63) is 101 Å². The predicted molar refractivity (Wildman–Crippen MR) is 115 cm³/mol. The molecule has 0 aliphatic rings. The Morgan fingerprint density at radius 1 is 0.931 bits per heavy atom. The van der Waals surface area contributed by atoms with Crippen molar-refractivity contribution in [3.8, 4) is 22.6 Å². The zero-order chi connectivity index (χ0) is 20.4. The van der Waals surface area contributed by atoms with Crippen molar-refractivity contribution in [3.63, 3.8) is 0 Å². The van der Waals surface area contributed by atoms with E-state index < -0.39 is 0 Å². The van der Waals surface area contributed by atoms with E-state index >= 15 is 0 Å². The van der Waals surface area contributed by atoms with Crippen LogP contribution in [0.15, 0.2) is 79.0 Å². The molecule has 0 unspecified atom stereocenters. The number of nitrogens with zero attached hydrogens (tertiary/aromatic N) is 2. The molecule has 0 N–H and O–H groups in total. The molecule has 4 rings (SSSR count).